The summed E-state index contributed by atoms with van der Waals surface area (Å²) in [5, 5.41) is 7.91. The van der Waals surface area contributed by atoms with Crippen LogP contribution >= 0.6 is 0 Å². The highest BCUT2D eigenvalue weighted by atomic mass is 15.2. The first-order chi connectivity index (χ1) is 8.93. The minimum atomic E-state index is 1.06. The number of unbranched alkanes of at least 4 members (excludes halogenated alkanes) is 5. The summed E-state index contributed by atoms with van der Waals surface area (Å²) in [7, 11) is 0. The third-order valence-corrected chi connectivity index (χ3v) is 3.68. The Balaban J connectivity index is 1.73. The molecule has 0 atom stereocenters. The number of nitrogens with zero attached hydrogens (tertiary/aromatic N) is 2. The lowest BCUT2D eigenvalue weighted by Crippen LogP contribution is -2.40. The summed E-state index contributed by atoms with van der Waals surface area (Å²) < 4.78 is 0. The van der Waals surface area contributed by atoms with Crippen LogP contribution in [0.25, 0.3) is 0 Å². The molecule has 18 heavy (non-hydrogen) atoms. The summed E-state index contributed by atoms with van der Waals surface area (Å²) in [4.78, 5) is 2.57. The van der Waals surface area contributed by atoms with Crippen molar-refractivity contribution in [2.45, 2.75) is 51.9 Å². The second-order valence-electron chi connectivity index (χ2n) is 5.38. The van der Waals surface area contributed by atoms with Crippen molar-refractivity contribution in [1.82, 2.24) is 15.5 Å². The van der Waals surface area contributed by atoms with Gasteiger partial charge in [-0.1, -0.05) is 32.6 Å². The maximum atomic E-state index is 4.38. The molecule has 107 valence electrons. The maximum Gasteiger partial charge on any atom is 0.0261 e. The first-order valence-electron chi connectivity index (χ1n) is 8.00. The fourth-order valence-electron chi connectivity index (χ4n) is 2.44. The highest BCUT2D eigenvalue weighted by Crippen LogP contribution is 2.02. The zero-order chi connectivity index (χ0) is 12.9. The van der Waals surface area contributed by atoms with Crippen LogP contribution in [0.2, 0.25) is 0 Å². The lowest BCUT2D eigenvalue weighted by atomic mass is 10.2. The second-order valence-corrected chi connectivity index (χ2v) is 5.38. The molecule has 0 aromatic heterocycles. The molecule has 0 saturated carbocycles. The van der Waals surface area contributed by atoms with Crippen molar-refractivity contribution in [3.05, 3.63) is 0 Å². The number of hydrogen-bond donors (Lipinski definition) is 1. The van der Waals surface area contributed by atoms with E-state index in [4.69, 9.17) is 0 Å². The fraction of sp³-hybridized carbons (Fsp3) is 1.00. The summed E-state index contributed by atoms with van der Waals surface area (Å²) in [6, 6.07) is 0. The molecule has 0 aliphatic carbocycles. The molecule has 1 aliphatic rings. The minimum absolute atomic E-state index is 1.06. The quantitative estimate of drug-likeness (QED) is 0.573. The minimum Gasteiger partial charge on any atom is -0.317 e. The molecule has 0 bridgehead atoms. The lowest BCUT2D eigenvalue weighted by molar-refractivity contribution is 0.233. The molecule has 0 aromatic carbocycles. The Morgan fingerprint density at radius 1 is 0.889 bits per heavy atom. The van der Waals surface area contributed by atoms with Crippen LogP contribution in [-0.4, -0.2) is 50.7 Å². The van der Waals surface area contributed by atoms with E-state index in [1.165, 1.54) is 77.7 Å². The number of hydrogen-bond acceptors (Lipinski definition) is 2. The molecular weight excluding hydrogens is 222 g/mol. The summed E-state index contributed by atoms with van der Waals surface area (Å²) >= 11 is 0. The number of rotatable bonds is 11. The standard InChI is InChI=1S/C15H32N3/c1-2-3-6-9-16-10-7-4-5-8-13-18-14-11-17-12-15-18/h16H,2-15H2,1H3. The van der Waals surface area contributed by atoms with Crippen LogP contribution in [-0.2, 0) is 0 Å². The van der Waals surface area contributed by atoms with E-state index in [-0.39, 0.29) is 0 Å². The molecule has 1 rings (SSSR count). The average Bonchev–Trinajstić information content (AvgIpc) is 2.42. The van der Waals surface area contributed by atoms with Crippen LogP contribution in [0.4, 0.5) is 0 Å². The van der Waals surface area contributed by atoms with Crippen LogP contribution < -0.4 is 10.6 Å². The van der Waals surface area contributed by atoms with Crippen LogP contribution in [0, 0.1) is 0 Å². The Kier molecular flexibility index (Phi) is 10.6. The Labute approximate surface area is 114 Å². The monoisotopic (exact) mass is 254 g/mol. The van der Waals surface area contributed by atoms with E-state index in [2.05, 4.69) is 22.5 Å². The molecule has 1 heterocycles. The average molecular weight is 254 g/mol. The van der Waals surface area contributed by atoms with E-state index < -0.39 is 0 Å². The zero-order valence-corrected chi connectivity index (χ0v) is 12.3. The van der Waals surface area contributed by atoms with Gasteiger partial charge in [-0.25, -0.2) is 5.32 Å². The van der Waals surface area contributed by atoms with Gasteiger partial charge in [-0.15, -0.1) is 0 Å². The molecule has 0 aromatic rings. The van der Waals surface area contributed by atoms with E-state index in [0.717, 1.165) is 13.1 Å². The molecule has 0 unspecified atom stereocenters. The van der Waals surface area contributed by atoms with Gasteiger partial charge < -0.3 is 10.2 Å². The van der Waals surface area contributed by atoms with Gasteiger partial charge in [0, 0.05) is 26.2 Å². The van der Waals surface area contributed by atoms with Gasteiger partial charge in [-0.2, -0.15) is 0 Å². The molecular formula is C15H32N3. The van der Waals surface area contributed by atoms with Crippen molar-refractivity contribution in [1.29, 1.82) is 0 Å². The van der Waals surface area contributed by atoms with Crippen molar-refractivity contribution in [2.75, 3.05) is 45.8 Å². The van der Waals surface area contributed by atoms with Crippen LogP contribution in [0.1, 0.15) is 51.9 Å². The van der Waals surface area contributed by atoms with E-state index in [1.807, 2.05) is 0 Å². The largest absolute Gasteiger partial charge is 0.317 e. The third-order valence-electron chi connectivity index (χ3n) is 3.68. The van der Waals surface area contributed by atoms with Crippen LogP contribution in [0.3, 0.4) is 0 Å². The molecule has 1 aliphatic heterocycles. The normalized spacial score (nSPS) is 17.2. The van der Waals surface area contributed by atoms with E-state index >= 15 is 0 Å². The molecule has 3 nitrogen and oxygen atoms in total. The lowest BCUT2D eigenvalue weighted by Gasteiger charge is -2.26. The Morgan fingerprint density at radius 2 is 1.56 bits per heavy atom. The van der Waals surface area contributed by atoms with E-state index in [0.29, 0.717) is 0 Å². The highest BCUT2D eigenvalue weighted by molar-refractivity contribution is 4.66. The van der Waals surface area contributed by atoms with Crippen molar-refractivity contribution in [3.8, 4) is 0 Å². The predicted octanol–water partition coefficient (Wildman–Crippen LogP) is 2.25. The van der Waals surface area contributed by atoms with Crippen LogP contribution in [0.15, 0.2) is 0 Å². The summed E-state index contributed by atoms with van der Waals surface area (Å²) in [5.41, 5.74) is 0. The molecule has 1 saturated heterocycles. The van der Waals surface area contributed by atoms with Crippen molar-refractivity contribution < 1.29 is 0 Å². The predicted molar refractivity (Wildman–Crippen MR) is 79.2 cm³/mol. The first-order valence-corrected chi connectivity index (χ1v) is 8.00. The molecule has 3 heteroatoms. The Bertz CT molecular complexity index is 167. The third kappa shape index (κ3) is 8.90. The van der Waals surface area contributed by atoms with Gasteiger partial charge in [-0.05, 0) is 38.9 Å². The van der Waals surface area contributed by atoms with Crippen molar-refractivity contribution in [3.63, 3.8) is 0 Å². The summed E-state index contributed by atoms with van der Waals surface area (Å²) in [6.45, 7) is 10.5. The van der Waals surface area contributed by atoms with Gasteiger partial charge in [0.25, 0.3) is 0 Å². The maximum absolute atomic E-state index is 4.38. The van der Waals surface area contributed by atoms with Gasteiger partial charge in [0.1, 0.15) is 0 Å². The van der Waals surface area contributed by atoms with Gasteiger partial charge in [0.05, 0.1) is 0 Å². The van der Waals surface area contributed by atoms with E-state index in [9.17, 15) is 0 Å². The van der Waals surface area contributed by atoms with Crippen LogP contribution in [0.5, 0.6) is 0 Å². The van der Waals surface area contributed by atoms with Crippen molar-refractivity contribution in [2.24, 2.45) is 0 Å². The zero-order valence-electron chi connectivity index (χ0n) is 12.3. The smallest absolute Gasteiger partial charge is 0.0261 e. The Morgan fingerprint density at radius 3 is 2.28 bits per heavy atom. The van der Waals surface area contributed by atoms with Gasteiger partial charge in [0.2, 0.25) is 0 Å². The Hall–Kier alpha value is -0.120. The highest BCUT2D eigenvalue weighted by Gasteiger charge is 2.08. The molecule has 1 fully saturated rings. The molecule has 1 N–H and O–H groups in total. The first kappa shape index (κ1) is 15.9. The summed E-state index contributed by atoms with van der Waals surface area (Å²) in [6.07, 6.45) is 9.54. The summed E-state index contributed by atoms with van der Waals surface area (Å²) in [5.74, 6) is 0. The number of piperazine rings is 1. The van der Waals surface area contributed by atoms with Crippen molar-refractivity contribution >= 4 is 0 Å². The second kappa shape index (κ2) is 11.9. The molecule has 1 radical (unpaired) electrons. The SMILES string of the molecule is CCCCCNCCCCCCN1CC[N]CC1. The number of nitrogens with one attached hydrogen (secondary N) is 1. The van der Waals surface area contributed by atoms with E-state index in [1.54, 1.807) is 0 Å². The van der Waals surface area contributed by atoms with Gasteiger partial charge in [-0.3, -0.25) is 0 Å². The topological polar surface area (TPSA) is 29.4 Å². The fourth-order valence-corrected chi connectivity index (χ4v) is 2.44. The molecule has 0 spiro atoms. The van der Waals surface area contributed by atoms with Gasteiger partial charge >= 0.3 is 0 Å². The molecule has 0 amide bonds. The van der Waals surface area contributed by atoms with Gasteiger partial charge in [0.15, 0.2) is 0 Å².